The zero-order chi connectivity index (χ0) is 18.0. The molecular formula is C16H15N5O4. The number of aromatic amines is 1. The van der Waals surface area contributed by atoms with Gasteiger partial charge in [0.1, 0.15) is 11.6 Å². The molecule has 0 spiro atoms. The highest BCUT2D eigenvalue weighted by atomic mass is 16.6. The van der Waals surface area contributed by atoms with E-state index in [1.54, 1.807) is 19.2 Å². The van der Waals surface area contributed by atoms with Crippen molar-refractivity contribution in [2.24, 2.45) is 5.73 Å². The van der Waals surface area contributed by atoms with Crippen molar-refractivity contribution in [1.29, 1.82) is 0 Å². The highest BCUT2D eigenvalue weighted by Gasteiger charge is 2.18. The number of phenolic OH excluding ortho intramolecular Hbond substituents is 1. The summed E-state index contributed by atoms with van der Waals surface area (Å²) in [7, 11) is 1.58. The van der Waals surface area contributed by atoms with E-state index in [4.69, 9.17) is 10.5 Å². The monoisotopic (exact) mass is 341 g/mol. The Morgan fingerprint density at radius 2 is 2.00 bits per heavy atom. The van der Waals surface area contributed by atoms with Crippen LogP contribution in [0.5, 0.6) is 11.5 Å². The molecule has 1 aromatic heterocycles. The summed E-state index contributed by atoms with van der Waals surface area (Å²) in [6.07, 6.45) is 0. The number of nitro benzene ring substituents is 1. The third-order valence-electron chi connectivity index (χ3n) is 3.70. The van der Waals surface area contributed by atoms with E-state index in [2.05, 4.69) is 15.2 Å². The summed E-state index contributed by atoms with van der Waals surface area (Å²) >= 11 is 0. The Balaban J connectivity index is 1.89. The number of rotatable bonds is 5. The van der Waals surface area contributed by atoms with Gasteiger partial charge in [0, 0.05) is 11.6 Å². The number of nitrogens with two attached hydrogens (primary N) is 1. The van der Waals surface area contributed by atoms with E-state index in [9.17, 15) is 15.2 Å². The summed E-state index contributed by atoms with van der Waals surface area (Å²) in [6.45, 7) is 0. The first-order valence-corrected chi connectivity index (χ1v) is 7.29. The molecule has 0 fully saturated rings. The number of nitrogens with zero attached hydrogens (tertiary/aromatic N) is 3. The Hall–Kier alpha value is -3.46. The van der Waals surface area contributed by atoms with E-state index < -0.39 is 22.4 Å². The van der Waals surface area contributed by atoms with Gasteiger partial charge < -0.3 is 15.6 Å². The zero-order valence-corrected chi connectivity index (χ0v) is 13.2. The Morgan fingerprint density at radius 1 is 1.28 bits per heavy atom. The van der Waals surface area contributed by atoms with E-state index in [0.29, 0.717) is 17.1 Å². The van der Waals surface area contributed by atoms with Crippen LogP contribution in [0.4, 0.5) is 5.69 Å². The van der Waals surface area contributed by atoms with Crippen LogP contribution in [0.2, 0.25) is 0 Å². The molecule has 0 saturated heterocycles. The summed E-state index contributed by atoms with van der Waals surface area (Å²) in [5.74, 6) is 0.961. The quantitative estimate of drug-likeness (QED) is 0.477. The fraction of sp³-hybridized carbons (Fsp3) is 0.125. The van der Waals surface area contributed by atoms with Gasteiger partial charge in [-0.05, 0) is 29.8 Å². The zero-order valence-electron chi connectivity index (χ0n) is 13.2. The molecule has 9 nitrogen and oxygen atoms in total. The van der Waals surface area contributed by atoms with Gasteiger partial charge in [0.05, 0.1) is 18.1 Å². The van der Waals surface area contributed by atoms with Crippen LogP contribution in [0.15, 0.2) is 42.5 Å². The molecular weight excluding hydrogens is 326 g/mol. The molecule has 0 radical (unpaired) electrons. The lowest BCUT2D eigenvalue weighted by atomic mass is 10.1. The van der Waals surface area contributed by atoms with Crippen LogP contribution in [0.3, 0.4) is 0 Å². The number of hydrogen-bond acceptors (Lipinski definition) is 7. The van der Waals surface area contributed by atoms with Crippen LogP contribution in [0.1, 0.15) is 17.4 Å². The van der Waals surface area contributed by atoms with Gasteiger partial charge in [-0.25, -0.2) is 4.98 Å². The van der Waals surface area contributed by atoms with Crippen LogP contribution < -0.4 is 10.5 Å². The molecule has 2 aromatic carbocycles. The Morgan fingerprint density at radius 3 is 2.64 bits per heavy atom. The molecule has 128 valence electrons. The molecule has 1 heterocycles. The first kappa shape index (κ1) is 16.4. The third kappa shape index (κ3) is 3.26. The molecule has 1 atom stereocenters. The summed E-state index contributed by atoms with van der Waals surface area (Å²) in [5, 5.41) is 27.2. The van der Waals surface area contributed by atoms with Gasteiger partial charge in [0.25, 0.3) is 0 Å². The average molecular weight is 341 g/mol. The first-order chi connectivity index (χ1) is 12.0. The van der Waals surface area contributed by atoms with Gasteiger partial charge in [0.2, 0.25) is 0 Å². The molecule has 3 rings (SSSR count). The molecule has 0 aliphatic carbocycles. The van der Waals surface area contributed by atoms with Gasteiger partial charge in [-0.15, -0.1) is 0 Å². The highest BCUT2D eigenvalue weighted by molar-refractivity contribution is 5.63. The minimum absolute atomic E-state index is 0.252. The van der Waals surface area contributed by atoms with Crippen LogP contribution >= 0.6 is 0 Å². The average Bonchev–Trinajstić information content (AvgIpc) is 3.11. The Kier molecular flexibility index (Phi) is 4.31. The van der Waals surface area contributed by atoms with Gasteiger partial charge in [-0.3, -0.25) is 15.2 Å². The summed E-state index contributed by atoms with van der Waals surface area (Å²) < 4.78 is 5.10. The van der Waals surface area contributed by atoms with Crippen molar-refractivity contribution >= 4 is 5.69 Å². The summed E-state index contributed by atoms with van der Waals surface area (Å²) in [6, 6.07) is 10.6. The number of phenols is 1. The van der Waals surface area contributed by atoms with Gasteiger partial charge >= 0.3 is 5.69 Å². The van der Waals surface area contributed by atoms with Crippen LogP contribution in [0, 0.1) is 10.1 Å². The molecule has 9 heteroatoms. The Bertz CT molecular complexity index is 907. The van der Waals surface area contributed by atoms with Crippen LogP contribution in [-0.2, 0) is 0 Å². The fourth-order valence-corrected chi connectivity index (χ4v) is 2.32. The van der Waals surface area contributed by atoms with E-state index >= 15 is 0 Å². The van der Waals surface area contributed by atoms with Crippen molar-refractivity contribution in [1.82, 2.24) is 15.2 Å². The Labute approximate surface area is 142 Å². The minimum Gasteiger partial charge on any atom is -0.502 e. The van der Waals surface area contributed by atoms with E-state index in [0.717, 1.165) is 5.56 Å². The summed E-state index contributed by atoms with van der Waals surface area (Å²) in [5.41, 5.74) is 6.97. The van der Waals surface area contributed by atoms with Gasteiger partial charge in [-0.2, -0.15) is 5.10 Å². The number of ether oxygens (including phenoxy) is 1. The highest BCUT2D eigenvalue weighted by Crippen LogP contribution is 2.30. The van der Waals surface area contributed by atoms with Crippen molar-refractivity contribution in [3.63, 3.8) is 0 Å². The number of hydrogen-bond donors (Lipinski definition) is 3. The van der Waals surface area contributed by atoms with Crippen LogP contribution in [-0.4, -0.2) is 32.3 Å². The SMILES string of the molecule is COc1ccc([C@@H](N)c2nc(-c3ccc(O)c([N+](=O)[O-])c3)n[nH]2)cc1. The topological polar surface area (TPSA) is 140 Å². The predicted octanol–water partition coefficient (Wildman–Crippen LogP) is 2.14. The second-order valence-electron chi connectivity index (χ2n) is 5.26. The maximum atomic E-state index is 10.9. The largest absolute Gasteiger partial charge is 0.502 e. The molecule has 0 bridgehead atoms. The van der Waals surface area contributed by atoms with Crippen molar-refractivity contribution in [3.05, 3.63) is 64.0 Å². The second-order valence-corrected chi connectivity index (χ2v) is 5.26. The number of benzene rings is 2. The number of nitro groups is 1. The molecule has 0 aliphatic heterocycles. The lowest BCUT2D eigenvalue weighted by Gasteiger charge is -2.09. The van der Waals surface area contributed by atoms with Crippen LogP contribution in [0.25, 0.3) is 11.4 Å². The lowest BCUT2D eigenvalue weighted by molar-refractivity contribution is -0.385. The normalized spacial score (nSPS) is 11.9. The number of nitrogens with one attached hydrogen (secondary N) is 1. The van der Waals surface area contributed by atoms with Gasteiger partial charge in [0.15, 0.2) is 11.6 Å². The van der Waals surface area contributed by atoms with Crippen molar-refractivity contribution in [3.8, 4) is 22.9 Å². The standard InChI is InChI=1S/C16H15N5O4/c1-25-11-5-2-9(3-6-11)14(17)16-18-15(19-20-16)10-4-7-13(22)12(8-10)21(23)24/h2-8,14,22H,17H2,1H3,(H,18,19,20)/t14-/m1/s1. The number of aromatic hydroxyl groups is 1. The molecule has 25 heavy (non-hydrogen) atoms. The van der Waals surface area contributed by atoms with Crippen molar-refractivity contribution in [2.75, 3.05) is 7.11 Å². The first-order valence-electron chi connectivity index (χ1n) is 7.29. The molecule has 0 amide bonds. The number of methoxy groups -OCH3 is 1. The van der Waals surface area contributed by atoms with Gasteiger partial charge in [-0.1, -0.05) is 12.1 Å². The minimum atomic E-state index is -0.671. The molecule has 4 N–H and O–H groups in total. The maximum Gasteiger partial charge on any atom is 0.311 e. The third-order valence-corrected chi connectivity index (χ3v) is 3.70. The van der Waals surface area contributed by atoms with E-state index in [1.807, 2.05) is 12.1 Å². The number of aromatic nitrogens is 3. The van der Waals surface area contributed by atoms with Crippen molar-refractivity contribution in [2.45, 2.75) is 6.04 Å². The smallest absolute Gasteiger partial charge is 0.311 e. The maximum absolute atomic E-state index is 10.9. The fourth-order valence-electron chi connectivity index (χ4n) is 2.32. The van der Waals surface area contributed by atoms with E-state index in [-0.39, 0.29) is 5.82 Å². The number of H-pyrrole nitrogens is 1. The molecule has 0 aliphatic rings. The molecule has 3 aromatic rings. The molecule has 0 saturated carbocycles. The molecule has 0 unspecified atom stereocenters. The predicted molar refractivity (Wildman–Crippen MR) is 89.2 cm³/mol. The summed E-state index contributed by atoms with van der Waals surface area (Å²) in [4.78, 5) is 14.6. The lowest BCUT2D eigenvalue weighted by Crippen LogP contribution is -2.13. The second kappa shape index (κ2) is 6.57. The van der Waals surface area contributed by atoms with Crippen molar-refractivity contribution < 1.29 is 14.8 Å². The van der Waals surface area contributed by atoms with E-state index in [1.165, 1.54) is 18.2 Å².